The van der Waals surface area contributed by atoms with Crippen LogP contribution in [0.5, 0.6) is 5.75 Å². The second-order valence-corrected chi connectivity index (χ2v) is 8.07. The van der Waals surface area contributed by atoms with Crippen LogP contribution in [0.15, 0.2) is 24.3 Å². The summed E-state index contributed by atoms with van der Waals surface area (Å²) in [6.45, 7) is 4.71. The first-order valence-corrected chi connectivity index (χ1v) is 9.97. The lowest BCUT2D eigenvalue weighted by molar-refractivity contribution is -0.142. The van der Waals surface area contributed by atoms with Crippen LogP contribution in [-0.4, -0.2) is 60.7 Å². The van der Waals surface area contributed by atoms with Crippen molar-refractivity contribution in [3.8, 4) is 5.75 Å². The van der Waals surface area contributed by atoms with Crippen molar-refractivity contribution in [2.75, 3.05) is 33.3 Å². The van der Waals surface area contributed by atoms with E-state index in [1.165, 1.54) is 12.0 Å². The highest BCUT2D eigenvalue weighted by molar-refractivity contribution is 5.78. The standard InChI is InChI=1S/C21H30N2O3/c1-25-18-6-2-5-17(13-18)14-22-12-10-21(16-22)9-3-7-19(26-21)15-23-11-4-8-20(23)24/h2,5-6,13,19H,3-4,7-12,14-16H2,1H3/t19-,21+/m1/s1. The maximum Gasteiger partial charge on any atom is 0.222 e. The van der Waals surface area contributed by atoms with E-state index in [0.717, 1.165) is 64.2 Å². The van der Waals surface area contributed by atoms with E-state index in [1.807, 2.05) is 11.0 Å². The quantitative estimate of drug-likeness (QED) is 0.812. The van der Waals surface area contributed by atoms with E-state index in [0.29, 0.717) is 12.3 Å². The Morgan fingerprint density at radius 1 is 1.27 bits per heavy atom. The molecule has 0 saturated carbocycles. The molecule has 1 amide bonds. The highest BCUT2D eigenvalue weighted by Crippen LogP contribution is 2.37. The molecule has 2 atom stereocenters. The monoisotopic (exact) mass is 358 g/mol. The van der Waals surface area contributed by atoms with Crippen molar-refractivity contribution in [1.82, 2.24) is 9.80 Å². The van der Waals surface area contributed by atoms with Crippen LogP contribution in [0.4, 0.5) is 0 Å². The normalized spacial score (nSPS) is 29.7. The number of rotatable bonds is 5. The minimum Gasteiger partial charge on any atom is -0.497 e. The maximum absolute atomic E-state index is 11.9. The molecular formula is C21H30N2O3. The second kappa shape index (κ2) is 7.57. The lowest BCUT2D eigenvalue weighted by Crippen LogP contribution is -2.47. The molecule has 5 nitrogen and oxygen atoms in total. The van der Waals surface area contributed by atoms with Gasteiger partial charge in [-0.05, 0) is 49.8 Å². The van der Waals surface area contributed by atoms with Crippen LogP contribution >= 0.6 is 0 Å². The third kappa shape index (κ3) is 3.89. The van der Waals surface area contributed by atoms with Crippen LogP contribution in [0.1, 0.15) is 44.1 Å². The molecule has 0 aromatic heterocycles. The fraction of sp³-hybridized carbons (Fsp3) is 0.667. The Bertz CT molecular complexity index is 650. The maximum atomic E-state index is 11.9. The molecule has 3 heterocycles. The third-order valence-corrected chi connectivity index (χ3v) is 6.11. The van der Waals surface area contributed by atoms with Crippen LogP contribution in [0.25, 0.3) is 0 Å². The molecule has 5 heteroatoms. The number of carbonyl (C=O) groups excluding carboxylic acids is 1. The molecule has 1 aromatic carbocycles. The van der Waals surface area contributed by atoms with E-state index in [2.05, 4.69) is 23.1 Å². The molecule has 0 bridgehead atoms. The number of hydrogen-bond acceptors (Lipinski definition) is 4. The van der Waals surface area contributed by atoms with Gasteiger partial charge in [-0.1, -0.05) is 12.1 Å². The van der Waals surface area contributed by atoms with Crippen LogP contribution in [0.2, 0.25) is 0 Å². The molecule has 0 aliphatic carbocycles. The van der Waals surface area contributed by atoms with Gasteiger partial charge in [0.25, 0.3) is 0 Å². The number of likely N-dealkylation sites (tertiary alicyclic amines) is 2. The van der Waals surface area contributed by atoms with E-state index >= 15 is 0 Å². The van der Waals surface area contributed by atoms with Crippen LogP contribution in [0, 0.1) is 0 Å². The fourth-order valence-corrected chi connectivity index (χ4v) is 4.79. The molecule has 4 rings (SSSR count). The first kappa shape index (κ1) is 17.8. The topological polar surface area (TPSA) is 42.0 Å². The molecule has 3 aliphatic rings. The molecule has 1 spiro atoms. The van der Waals surface area contributed by atoms with Crippen molar-refractivity contribution >= 4 is 5.91 Å². The fourth-order valence-electron chi connectivity index (χ4n) is 4.79. The van der Waals surface area contributed by atoms with Gasteiger partial charge in [0.05, 0.1) is 18.8 Å². The van der Waals surface area contributed by atoms with Crippen molar-refractivity contribution in [2.45, 2.75) is 56.8 Å². The minimum absolute atomic E-state index is 0.00937. The summed E-state index contributed by atoms with van der Waals surface area (Å²) in [7, 11) is 1.71. The summed E-state index contributed by atoms with van der Waals surface area (Å²) >= 11 is 0. The number of amides is 1. The van der Waals surface area contributed by atoms with Crippen LogP contribution in [-0.2, 0) is 16.1 Å². The molecule has 3 fully saturated rings. The van der Waals surface area contributed by atoms with Crippen LogP contribution < -0.4 is 4.74 Å². The van der Waals surface area contributed by atoms with Gasteiger partial charge in [-0.3, -0.25) is 9.69 Å². The first-order valence-electron chi connectivity index (χ1n) is 9.97. The van der Waals surface area contributed by atoms with E-state index in [1.54, 1.807) is 7.11 Å². The molecule has 0 unspecified atom stereocenters. The largest absolute Gasteiger partial charge is 0.497 e. The summed E-state index contributed by atoms with van der Waals surface area (Å²) in [5, 5.41) is 0. The molecule has 1 aromatic rings. The highest BCUT2D eigenvalue weighted by Gasteiger charge is 2.43. The van der Waals surface area contributed by atoms with Crippen molar-refractivity contribution in [2.24, 2.45) is 0 Å². The van der Waals surface area contributed by atoms with Gasteiger partial charge in [-0.2, -0.15) is 0 Å². The van der Waals surface area contributed by atoms with Gasteiger partial charge in [0.1, 0.15) is 5.75 Å². The molecule has 0 radical (unpaired) electrons. The Balaban J connectivity index is 1.34. The predicted molar refractivity (Wildman–Crippen MR) is 100 cm³/mol. The van der Waals surface area contributed by atoms with Crippen molar-refractivity contribution in [3.05, 3.63) is 29.8 Å². The predicted octanol–water partition coefficient (Wildman–Crippen LogP) is 2.83. The molecular weight excluding hydrogens is 328 g/mol. The lowest BCUT2D eigenvalue weighted by Gasteiger charge is -2.40. The van der Waals surface area contributed by atoms with Crippen molar-refractivity contribution < 1.29 is 14.3 Å². The number of hydrogen-bond donors (Lipinski definition) is 0. The van der Waals surface area contributed by atoms with Gasteiger partial charge in [-0.25, -0.2) is 0 Å². The Kier molecular flexibility index (Phi) is 5.18. The van der Waals surface area contributed by atoms with Gasteiger partial charge in [0.15, 0.2) is 0 Å². The Hall–Kier alpha value is -1.59. The molecule has 0 N–H and O–H groups in total. The Labute approximate surface area is 156 Å². The summed E-state index contributed by atoms with van der Waals surface area (Å²) in [6, 6.07) is 8.33. The first-order chi connectivity index (χ1) is 12.7. The lowest BCUT2D eigenvalue weighted by atomic mass is 9.90. The van der Waals surface area contributed by atoms with Crippen LogP contribution in [0.3, 0.4) is 0 Å². The SMILES string of the molecule is COc1cccc(CN2CC[C@@]3(CCC[C@H](CN4CCCC4=O)O3)C2)c1. The Morgan fingerprint density at radius 2 is 2.19 bits per heavy atom. The number of nitrogens with zero attached hydrogens (tertiary/aromatic N) is 2. The summed E-state index contributed by atoms with van der Waals surface area (Å²) < 4.78 is 11.9. The van der Waals surface area contributed by atoms with Crippen molar-refractivity contribution in [3.63, 3.8) is 0 Å². The third-order valence-electron chi connectivity index (χ3n) is 6.11. The van der Waals surface area contributed by atoms with Gasteiger partial charge in [-0.15, -0.1) is 0 Å². The van der Waals surface area contributed by atoms with E-state index in [-0.39, 0.29) is 11.7 Å². The number of carbonyl (C=O) groups is 1. The summed E-state index contributed by atoms with van der Waals surface area (Å²) in [6.07, 6.45) is 6.47. The average molecular weight is 358 g/mol. The molecule has 26 heavy (non-hydrogen) atoms. The zero-order valence-electron chi connectivity index (χ0n) is 15.8. The zero-order chi connectivity index (χ0) is 18.0. The van der Waals surface area contributed by atoms with Gasteiger partial charge >= 0.3 is 0 Å². The van der Waals surface area contributed by atoms with Crippen molar-refractivity contribution in [1.29, 1.82) is 0 Å². The van der Waals surface area contributed by atoms with Gasteiger partial charge < -0.3 is 14.4 Å². The minimum atomic E-state index is -0.00937. The number of methoxy groups -OCH3 is 1. The van der Waals surface area contributed by atoms with E-state index in [4.69, 9.17) is 9.47 Å². The van der Waals surface area contributed by atoms with Gasteiger partial charge in [0, 0.05) is 39.1 Å². The second-order valence-electron chi connectivity index (χ2n) is 8.07. The molecule has 3 aliphatic heterocycles. The number of benzene rings is 1. The van der Waals surface area contributed by atoms with E-state index < -0.39 is 0 Å². The summed E-state index contributed by atoms with van der Waals surface area (Å²) in [5.74, 6) is 1.22. The summed E-state index contributed by atoms with van der Waals surface area (Å²) in [5.41, 5.74) is 1.28. The zero-order valence-corrected chi connectivity index (χ0v) is 15.8. The smallest absolute Gasteiger partial charge is 0.222 e. The molecule has 142 valence electrons. The van der Waals surface area contributed by atoms with Gasteiger partial charge in [0.2, 0.25) is 5.91 Å². The average Bonchev–Trinajstić information content (AvgIpc) is 3.22. The molecule has 3 saturated heterocycles. The number of ether oxygens (including phenoxy) is 2. The van der Waals surface area contributed by atoms with E-state index in [9.17, 15) is 4.79 Å². The Morgan fingerprint density at radius 3 is 3.00 bits per heavy atom. The summed E-state index contributed by atoms with van der Waals surface area (Å²) in [4.78, 5) is 16.4. The highest BCUT2D eigenvalue weighted by atomic mass is 16.5.